The highest BCUT2D eigenvalue weighted by Gasteiger charge is 2.42. The van der Waals surface area contributed by atoms with Gasteiger partial charge in [0.15, 0.2) is 0 Å². The Hall–Kier alpha value is -3.42. The van der Waals surface area contributed by atoms with Gasteiger partial charge in [-0.15, -0.1) is 0 Å². The summed E-state index contributed by atoms with van der Waals surface area (Å²) < 4.78 is 29.7. The summed E-state index contributed by atoms with van der Waals surface area (Å²) in [6.07, 6.45) is 4.47. The van der Waals surface area contributed by atoms with E-state index in [9.17, 15) is 13.9 Å². The minimum Gasteiger partial charge on any atom is -0.381 e. The van der Waals surface area contributed by atoms with Crippen LogP contribution in [-0.4, -0.2) is 62.0 Å². The Bertz CT molecular complexity index is 1090. The second-order valence-corrected chi connectivity index (χ2v) is 7.85. The highest BCUT2D eigenvalue weighted by Crippen LogP contribution is 2.33. The van der Waals surface area contributed by atoms with E-state index in [1.165, 1.54) is 23.4 Å². The van der Waals surface area contributed by atoms with Gasteiger partial charge in [0.25, 0.3) is 0 Å². The van der Waals surface area contributed by atoms with E-state index >= 15 is 0 Å². The third-order valence-corrected chi connectivity index (χ3v) is 6.05. The van der Waals surface area contributed by atoms with Crippen LogP contribution in [0.25, 0.3) is 0 Å². The van der Waals surface area contributed by atoms with E-state index in [0.29, 0.717) is 31.9 Å². The zero-order chi connectivity index (χ0) is 22.7. The van der Waals surface area contributed by atoms with Crippen LogP contribution in [0.2, 0.25) is 0 Å². The Labute approximate surface area is 184 Å². The normalized spacial score (nSPS) is 17.5. The van der Waals surface area contributed by atoms with Gasteiger partial charge in [0, 0.05) is 43.9 Å². The fourth-order valence-corrected chi connectivity index (χ4v) is 4.15. The predicted octanol–water partition coefficient (Wildman–Crippen LogP) is 1.92. The fourth-order valence-electron chi connectivity index (χ4n) is 4.15. The monoisotopic (exact) mass is 439 g/mol. The van der Waals surface area contributed by atoms with Crippen molar-refractivity contribution >= 4 is 5.69 Å². The van der Waals surface area contributed by atoms with Crippen LogP contribution in [-0.2, 0) is 12.1 Å². The molecule has 0 aliphatic carbocycles. The number of aliphatic hydroxyl groups is 1. The van der Waals surface area contributed by atoms with Crippen LogP contribution in [0.3, 0.4) is 0 Å². The van der Waals surface area contributed by atoms with Crippen molar-refractivity contribution in [1.29, 1.82) is 5.26 Å². The molecule has 1 aromatic carbocycles. The van der Waals surface area contributed by atoms with Crippen molar-refractivity contribution < 1.29 is 13.9 Å². The maximum Gasteiger partial charge on any atom is 0.140 e. The molecule has 32 heavy (non-hydrogen) atoms. The quantitative estimate of drug-likeness (QED) is 0.627. The van der Waals surface area contributed by atoms with Crippen LogP contribution in [0.5, 0.6) is 0 Å². The van der Waals surface area contributed by atoms with E-state index in [0.717, 1.165) is 17.8 Å². The number of aromatic nitrogens is 4. The summed E-state index contributed by atoms with van der Waals surface area (Å²) in [7, 11) is 0. The third-order valence-electron chi connectivity index (χ3n) is 6.05. The summed E-state index contributed by atoms with van der Waals surface area (Å²) in [5.74, 6) is -1.51. The first-order valence-corrected chi connectivity index (χ1v) is 10.3. The van der Waals surface area contributed by atoms with Crippen LogP contribution in [0.4, 0.5) is 14.5 Å². The maximum absolute atomic E-state index is 14.7. The molecule has 4 rings (SSSR count). The summed E-state index contributed by atoms with van der Waals surface area (Å²) in [6, 6.07) is 8.27. The molecule has 0 bridgehead atoms. The molecule has 1 aliphatic rings. The Morgan fingerprint density at radius 1 is 1.19 bits per heavy atom. The van der Waals surface area contributed by atoms with E-state index < -0.39 is 23.3 Å². The lowest BCUT2D eigenvalue weighted by Gasteiger charge is -2.45. The first-order valence-electron chi connectivity index (χ1n) is 10.3. The van der Waals surface area contributed by atoms with Gasteiger partial charge in [-0.1, -0.05) is 6.07 Å². The van der Waals surface area contributed by atoms with E-state index in [4.69, 9.17) is 5.26 Å². The topological polar surface area (TPSA) is 94.1 Å². The van der Waals surface area contributed by atoms with E-state index in [1.807, 2.05) is 19.1 Å². The summed E-state index contributed by atoms with van der Waals surface area (Å²) >= 11 is 0. The van der Waals surface area contributed by atoms with Gasteiger partial charge in [0.2, 0.25) is 0 Å². The average molecular weight is 439 g/mol. The smallest absolute Gasteiger partial charge is 0.140 e. The minimum absolute atomic E-state index is 0.0145. The van der Waals surface area contributed by atoms with Crippen molar-refractivity contribution in [2.75, 3.05) is 31.1 Å². The van der Waals surface area contributed by atoms with Gasteiger partial charge >= 0.3 is 0 Å². The largest absolute Gasteiger partial charge is 0.381 e. The molecule has 0 amide bonds. The Morgan fingerprint density at radius 2 is 1.97 bits per heavy atom. The number of halogens is 2. The summed E-state index contributed by atoms with van der Waals surface area (Å²) in [5.41, 5.74) is -0.371. The molecule has 2 atom stereocenters. The second kappa shape index (κ2) is 8.98. The molecule has 166 valence electrons. The van der Waals surface area contributed by atoms with Crippen molar-refractivity contribution in [3.05, 3.63) is 72.1 Å². The number of piperazine rings is 1. The van der Waals surface area contributed by atoms with Crippen molar-refractivity contribution in [1.82, 2.24) is 24.6 Å². The van der Waals surface area contributed by atoms with Gasteiger partial charge in [-0.2, -0.15) is 10.4 Å². The Balaban J connectivity index is 1.55. The van der Waals surface area contributed by atoms with Crippen molar-refractivity contribution in [2.45, 2.75) is 25.1 Å². The molecular formula is C22H23F2N7O. The highest BCUT2D eigenvalue weighted by molar-refractivity contribution is 5.46. The van der Waals surface area contributed by atoms with Crippen LogP contribution in [0.15, 0.2) is 49.2 Å². The average Bonchev–Trinajstić information content (AvgIpc) is 3.31. The molecule has 1 N–H and O–H groups in total. The molecule has 1 fully saturated rings. The number of nitrogens with zero attached hydrogens (tertiary/aromatic N) is 7. The molecule has 3 heterocycles. The Morgan fingerprint density at radius 3 is 2.56 bits per heavy atom. The molecule has 10 heteroatoms. The number of rotatable bonds is 6. The maximum atomic E-state index is 14.7. The molecule has 3 aromatic rings. The van der Waals surface area contributed by atoms with Gasteiger partial charge < -0.3 is 10.0 Å². The first-order chi connectivity index (χ1) is 15.4. The van der Waals surface area contributed by atoms with Crippen molar-refractivity contribution in [3.63, 3.8) is 0 Å². The number of benzene rings is 1. The molecule has 1 aliphatic heterocycles. The SMILES string of the molecule is CC(N1CCN(c2ccc(C#N)nc2)CC1)C(O)(Cn1cncn1)c1ccc(F)cc1F. The van der Waals surface area contributed by atoms with Crippen LogP contribution < -0.4 is 4.90 Å². The second-order valence-electron chi connectivity index (χ2n) is 7.85. The zero-order valence-corrected chi connectivity index (χ0v) is 17.6. The predicted molar refractivity (Wildman–Crippen MR) is 112 cm³/mol. The molecule has 2 unspecified atom stereocenters. The Kier molecular flexibility index (Phi) is 6.12. The lowest BCUT2D eigenvalue weighted by atomic mass is 9.85. The molecule has 0 radical (unpaired) electrons. The van der Waals surface area contributed by atoms with Gasteiger partial charge in [0.1, 0.15) is 41.7 Å². The number of anilines is 1. The molecule has 0 spiro atoms. The molecule has 2 aromatic heterocycles. The molecule has 0 saturated carbocycles. The third kappa shape index (κ3) is 4.30. The minimum atomic E-state index is -1.66. The summed E-state index contributed by atoms with van der Waals surface area (Å²) in [4.78, 5) is 12.2. The number of pyridine rings is 1. The zero-order valence-electron chi connectivity index (χ0n) is 17.6. The molecule has 8 nitrogen and oxygen atoms in total. The van der Waals surface area contributed by atoms with Gasteiger partial charge in [-0.25, -0.2) is 23.4 Å². The summed E-state index contributed by atoms with van der Waals surface area (Å²) in [6.45, 7) is 4.37. The fraction of sp³-hybridized carbons (Fsp3) is 0.364. The van der Waals surface area contributed by atoms with Gasteiger partial charge in [-0.05, 0) is 25.1 Å². The van der Waals surface area contributed by atoms with E-state index in [2.05, 4.69) is 24.9 Å². The number of nitriles is 1. The number of hydrogen-bond donors (Lipinski definition) is 1. The van der Waals surface area contributed by atoms with Crippen molar-refractivity contribution in [3.8, 4) is 6.07 Å². The van der Waals surface area contributed by atoms with E-state index in [1.54, 1.807) is 12.3 Å². The van der Waals surface area contributed by atoms with Crippen LogP contribution in [0, 0.1) is 23.0 Å². The van der Waals surface area contributed by atoms with E-state index in [-0.39, 0.29) is 12.1 Å². The lowest BCUT2D eigenvalue weighted by Crippen LogP contribution is -2.57. The lowest BCUT2D eigenvalue weighted by molar-refractivity contribution is -0.0650. The number of hydrogen-bond acceptors (Lipinski definition) is 7. The van der Waals surface area contributed by atoms with Gasteiger partial charge in [0.05, 0.1) is 18.4 Å². The summed E-state index contributed by atoms with van der Waals surface area (Å²) in [5, 5.41) is 24.7. The van der Waals surface area contributed by atoms with Crippen LogP contribution >= 0.6 is 0 Å². The molecular weight excluding hydrogens is 416 g/mol. The van der Waals surface area contributed by atoms with Crippen LogP contribution in [0.1, 0.15) is 18.2 Å². The molecule has 1 saturated heterocycles. The van der Waals surface area contributed by atoms with Gasteiger partial charge in [-0.3, -0.25) is 4.90 Å². The van der Waals surface area contributed by atoms with Crippen molar-refractivity contribution in [2.24, 2.45) is 0 Å². The standard InChI is InChI=1S/C22H23F2N7O/c1-16(29-6-8-30(9-7-29)19-4-3-18(11-25)27-12-19)22(32,13-31-15-26-14-28-31)20-5-2-17(23)10-21(20)24/h2-5,10,12,14-16,32H,6-9,13H2,1H3. The first kappa shape index (κ1) is 21.8. The highest BCUT2D eigenvalue weighted by atomic mass is 19.1.